The quantitative estimate of drug-likeness (QED) is 0.655. The molecule has 1 fully saturated rings. The Labute approximate surface area is 116 Å². The van der Waals surface area contributed by atoms with Crippen molar-refractivity contribution in [3.05, 3.63) is 34.9 Å². The maximum Gasteiger partial charge on any atom is 0.191 e. The second-order valence-corrected chi connectivity index (χ2v) is 5.51. The molecule has 0 saturated carbocycles. The van der Waals surface area contributed by atoms with Crippen molar-refractivity contribution in [3.63, 3.8) is 0 Å². The van der Waals surface area contributed by atoms with E-state index in [0.29, 0.717) is 12.5 Å². The molecule has 0 amide bonds. The number of likely N-dealkylation sites (tertiary alicyclic amines) is 1. The Hall–Kier alpha value is -1.51. The highest BCUT2D eigenvalue weighted by atomic mass is 15.2. The number of nitrogens with two attached hydrogens (primary N) is 1. The van der Waals surface area contributed by atoms with Crippen LogP contribution in [0.1, 0.15) is 42.4 Å². The third-order valence-corrected chi connectivity index (χ3v) is 3.84. The number of benzene rings is 1. The van der Waals surface area contributed by atoms with Gasteiger partial charge in [-0.25, -0.2) is 4.99 Å². The van der Waals surface area contributed by atoms with E-state index in [1.807, 2.05) is 0 Å². The summed E-state index contributed by atoms with van der Waals surface area (Å²) in [4.78, 5) is 6.80. The molecule has 2 rings (SSSR count). The SMILES string of the molecule is Cc1ccc(CN=C(N)N2CCCCCC2)c(C)c1. The fraction of sp³-hybridized carbons (Fsp3) is 0.562. The minimum Gasteiger partial charge on any atom is -0.370 e. The smallest absolute Gasteiger partial charge is 0.191 e. The van der Waals surface area contributed by atoms with E-state index in [1.165, 1.54) is 42.4 Å². The van der Waals surface area contributed by atoms with E-state index in [-0.39, 0.29) is 0 Å². The summed E-state index contributed by atoms with van der Waals surface area (Å²) in [6.45, 7) is 7.06. The van der Waals surface area contributed by atoms with Gasteiger partial charge in [0, 0.05) is 13.1 Å². The molecule has 2 N–H and O–H groups in total. The molecule has 104 valence electrons. The van der Waals surface area contributed by atoms with Gasteiger partial charge in [0.2, 0.25) is 0 Å². The van der Waals surface area contributed by atoms with Crippen molar-refractivity contribution in [2.24, 2.45) is 10.7 Å². The van der Waals surface area contributed by atoms with E-state index in [9.17, 15) is 0 Å². The number of aliphatic imine (C=N–C) groups is 1. The Morgan fingerprint density at radius 3 is 2.47 bits per heavy atom. The van der Waals surface area contributed by atoms with Crippen molar-refractivity contribution in [2.75, 3.05) is 13.1 Å². The van der Waals surface area contributed by atoms with Crippen molar-refractivity contribution < 1.29 is 0 Å². The van der Waals surface area contributed by atoms with Crippen LogP contribution in [-0.2, 0) is 6.54 Å². The van der Waals surface area contributed by atoms with Gasteiger partial charge in [0.05, 0.1) is 6.54 Å². The molecule has 1 saturated heterocycles. The Morgan fingerprint density at radius 2 is 1.84 bits per heavy atom. The molecule has 0 aromatic heterocycles. The van der Waals surface area contributed by atoms with Crippen LogP contribution in [0.2, 0.25) is 0 Å². The Bertz CT molecular complexity index is 443. The molecule has 1 heterocycles. The van der Waals surface area contributed by atoms with Crippen molar-refractivity contribution >= 4 is 5.96 Å². The molecule has 0 aliphatic carbocycles. The van der Waals surface area contributed by atoms with Crippen LogP contribution in [0, 0.1) is 13.8 Å². The van der Waals surface area contributed by atoms with E-state index in [4.69, 9.17) is 5.73 Å². The number of aryl methyl sites for hydroxylation is 2. The lowest BCUT2D eigenvalue weighted by molar-refractivity contribution is 0.428. The van der Waals surface area contributed by atoms with Crippen molar-refractivity contribution in [1.82, 2.24) is 4.90 Å². The predicted molar refractivity (Wildman–Crippen MR) is 81.3 cm³/mol. The first-order valence-electron chi connectivity index (χ1n) is 7.28. The van der Waals surface area contributed by atoms with Gasteiger partial charge >= 0.3 is 0 Å². The van der Waals surface area contributed by atoms with Gasteiger partial charge in [0.1, 0.15) is 0 Å². The van der Waals surface area contributed by atoms with E-state index in [0.717, 1.165) is 13.1 Å². The first-order chi connectivity index (χ1) is 9.16. The Balaban J connectivity index is 2.00. The van der Waals surface area contributed by atoms with Crippen molar-refractivity contribution in [2.45, 2.75) is 46.1 Å². The summed E-state index contributed by atoms with van der Waals surface area (Å²) < 4.78 is 0. The van der Waals surface area contributed by atoms with Crippen molar-refractivity contribution in [1.29, 1.82) is 0 Å². The normalized spacial score (nSPS) is 17.4. The van der Waals surface area contributed by atoms with Gasteiger partial charge in [-0.15, -0.1) is 0 Å². The average molecular weight is 259 g/mol. The third kappa shape index (κ3) is 3.98. The summed E-state index contributed by atoms with van der Waals surface area (Å²) in [7, 11) is 0. The van der Waals surface area contributed by atoms with E-state index < -0.39 is 0 Å². The summed E-state index contributed by atoms with van der Waals surface area (Å²) in [5, 5.41) is 0. The highest BCUT2D eigenvalue weighted by molar-refractivity contribution is 5.78. The molecular weight excluding hydrogens is 234 g/mol. The summed E-state index contributed by atoms with van der Waals surface area (Å²) in [6, 6.07) is 6.50. The number of hydrogen-bond acceptors (Lipinski definition) is 1. The van der Waals surface area contributed by atoms with Gasteiger partial charge in [-0.1, -0.05) is 36.6 Å². The van der Waals surface area contributed by atoms with Gasteiger partial charge < -0.3 is 10.6 Å². The van der Waals surface area contributed by atoms with Crippen LogP contribution in [0.3, 0.4) is 0 Å². The fourth-order valence-electron chi connectivity index (χ4n) is 2.59. The third-order valence-electron chi connectivity index (χ3n) is 3.84. The van der Waals surface area contributed by atoms with Crippen LogP contribution in [0.5, 0.6) is 0 Å². The summed E-state index contributed by atoms with van der Waals surface area (Å²) in [5.41, 5.74) is 9.98. The highest BCUT2D eigenvalue weighted by Crippen LogP contribution is 2.13. The molecular formula is C16H25N3. The van der Waals surface area contributed by atoms with Gasteiger partial charge in [-0.3, -0.25) is 0 Å². The maximum absolute atomic E-state index is 6.12. The van der Waals surface area contributed by atoms with Gasteiger partial charge in [0.15, 0.2) is 5.96 Å². The molecule has 3 nitrogen and oxygen atoms in total. The lowest BCUT2D eigenvalue weighted by Gasteiger charge is -2.21. The first-order valence-corrected chi connectivity index (χ1v) is 7.28. The van der Waals surface area contributed by atoms with E-state index in [2.05, 4.69) is 41.9 Å². The average Bonchev–Trinajstić information content (AvgIpc) is 2.66. The zero-order valence-electron chi connectivity index (χ0n) is 12.2. The zero-order valence-corrected chi connectivity index (χ0v) is 12.2. The lowest BCUT2D eigenvalue weighted by atomic mass is 10.1. The van der Waals surface area contributed by atoms with Gasteiger partial charge in [-0.05, 0) is 37.8 Å². The topological polar surface area (TPSA) is 41.6 Å². The Morgan fingerprint density at radius 1 is 1.16 bits per heavy atom. The molecule has 0 radical (unpaired) electrons. The first kappa shape index (κ1) is 13.9. The summed E-state index contributed by atoms with van der Waals surface area (Å²) in [5.74, 6) is 0.710. The number of guanidine groups is 1. The molecule has 1 aromatic carbocycles. The fourth-order valence-corrected chi connectivity index (χ4v) is 2.59. The van der Waals surface area contributed by atoms with Gasteiger partial charge in [0.25, 0.3) is 0 Å². The summed E-state index contributed by atoms with van der Waals surface area (Å²) in [6.07, 6.45) is 5.11. The maximum atomic E-state index is 6.12. The second kappa shape index (κ2) is 6.60. The van der Waals surface area contributed by atoms with Crippen LogP contribution in [0.15, 0.2) is 23.2 Å². The minimum atomic E-state index is 0.689. The predicted octanol–water partition coefficient (Wildman–Crippen LogP) is 2.99. The molecule has 1 aromatic rings. The monoisotopic (exact) mass is 259 g/mol. The van der Waals surface area contributed by atoms with Crippen LogP contribution in [-0.4, -0.2) is 23.9 Å². The number of hydrogen-bond donors (Lipinski definition) is 1. The van der Waals surface area contributed by atoms with Crippen LogP contribution in [0.4, 0.5) is 0 Å². The van der Waals surface area contributed by atoms with Crippen LogP contribution >= 0.6 is 0 Å². The van der Waals surface area contributed by atoms with E-state index in [1.54, 1.807) is 0 Å². The van der Waals surface area contributed by atoms with Crippen LogP contribution in [0.25, 0.3) is 0 Å². The second-order valence-electron chi connectivity index (χ2n) is 5.51. The molecule has 0 bridgehead atoms. The molecule has 19 heavy (non-hydrogen) atoms. The molecule has 3 heteroatoms. The molecule has 1 aliphatic heterocycles. The standard InChI is InChI=1S/C16H25N3/c1-13-7-8-15(14(2)11-13)12-18-16(17)19-9-5-3-4-6-10-19/h7-8,11H,3-6,9-10,12H2,1-2H3,(H2,17,18). The summed E-state index contributed by atoms with van der Waals surface area (Å²) >= 11 is 0. The van der Waals surface area contributed by atoms with Crippen LogP contribution < -0.4 is 5.73 Å². The number of nitrogens with zero attached hydrogens (tertiary/aromatic N) is 2. The molecule has 0 atom stereocenters. The highest BCUT2D eigenvalue weighted by Gasteiger charge is 2.10. The Kier molecular flexibility index (Phi) is 4.83. The lowest BCUT2D eigenvalue weighted by Crippen LogP contribution is -2.38. The van der Waals surface area contributed by atoms with E-state index >= 15 is 0 Å². The zero-order chi connectivity index (χ0) is 13.7. The molecule has 0 unspecified atom stereocenters. The number of rotatable bonds is 2. The molecule has 1 aliphatic rings. The largest absolute Gasteiger partial charge is 0.370 e. The van der Waals surface area contributed by atoms with Gasteiger partial charge in [-0.2, -0.15) is 0 Å². The molecule has 0 spiro atoms. The minimum absolute atomic E-state index is 0.689. The van der Waals surface area contributed by atoms with Crippen molar-refractivity contribution in [3.8, 4) is 0 Å².